The molecule has 0 aliphatic carbocycles. The number of nitrogens with two attached hydrogens (primary N) is 1. The van der Waals surface area contributed by atoms with Crippen LogP contribution in [0, 0.1) is 6.92 Å². The van der Waals surface area contributed by atoms with Crippen LogP contribution in [0.25, 0.3) is 0 Å². The van der Waals surface area contributed by atoms with Gasteiger partial charge in [-0.15, -0.1) is 0 Å². The maximum Gasteiger partial charge on any atom is 0.254 e. The number of aryl methyl sites for hydroxylation is 1. The molecular weight excluding hydrogens is 214 g/mol. The molecule has 0 aromatic heterocycles. The number of nitrogens with zero attached hydrogens (tertiary/aromatic N) is 1. The first-order valence-corrected chi connectivity index (χ1v) is 5.89. The van der Waals surface area contributed by atoms with Crippen LogP contribution < -0.4 is 11.3 Å². The average molecular weight is 235 g/mol. The largest absolute Gasteiger partial charge is 0.336 e. The van der Waals surface area contributed by atoms with Gasteiger partial charge in [-0.1, -0.05) is 0 Å². The Morgan fingerprint density at radius 2 is 2.12 bits per heavy atom. The topological polar surface area (TPSA) is 58.4 Å². The van der Waals surface area contributed by atoms with Crippen molar-refractivity contribution in [3.8, 4) is 0 Å². The highest BCUT2D eigenvalue weighted by Gasteiger charge is 2.18. The van der Waals surface area contributed by atoms with Gasteiger partial charge in [0, 0.05) is 23.8 Å². The van der Waals surface area contributed by atoms with E-state index in [0.29, 0.717) is 6.54 Å². The van der Waals surface area contributed by atoms with E-state index >= 15 is 0 Å². The fourth-order valence-electron chi connectivity index (χ4n) is 1.89. The van der Waals surface area contributed by atoms with Gasteiger partial charge >= 0.3 is 0 Å². The van der Waals surface area contributed by atoms with Crippen molar-refractivity contribution in [3.63, 3.8) is 0 Å². The average Bonchev–Trinajstić information content (AvgIpc) is 2.28. The summed E-state index contributed by atoms with van der Waals surface area (Å²) < 4.78 is 0. The molecule has 1 aromatic carbocycles. The minimum atomic E-state index is 0.0728. The number of nitrogens with one attached hydrogen (secondary N) is 1. The van der Waals surface area contributed by atoms with Crippen LogP contribution in [0.5, 0.6) is 0 Å². The first-order chi connectivity index (χ1) is 8.01. The van der Waals surface area contributed by atoms with Gasteiger partial charge in [-0.25, -0.2) is 0 Å². The van der Waals surface area contributed by atoms with Crippen molar-refractivity contribution >= 4 is 11.6 Å². The van der Waals surface area contributed by atoms with Gasteiger partial charge in [0.15, 0.2) is 0 Å². The summed E-state index contributed by atoms with van der Waals surface area (Å²) in [6, 6.07) is 5.72. The normalized spacial score (nSPS) is 10.5. The van der Waals surface area contributed by atoms with E-state index in [1.165, 1.54) is 0 Å². The summed E-state index contributed by atoms with van der Waals surface area (Å²) in [5, 5.41) is 0. The molecule has 0 atom stereocenters. The third kappa shape index (κ3) is 2.97. The minimum Gasteiger partial charge on any atom is -0.336 e. The van der Waals surface area contributed by atoms with Gasteiger partial charge in [-0.3, -0.25) is 10.6 Å². The molecule has 1 aromatic rings. The zero-order chi connectivity index (χ0) is 13.0. The van der Waals surface area contributed by atoms with Crippen molar-refractivity contribution < 1.29 is 4.79 Å². The molecule has 0 aliphatic rings. The molecule has 0 radical (unpaired) electrons. The predicted octanol–water partition coefficient (Wildman–Crippen LogP) is 2.15. The molecule has 0 heterocycles. The molecule has 0 spiro atoms. The van der Waals surface area contributed by atoms with E-state index < -0.39 is 0 Å². The van der Waals surface area contributed by atoms with Gasteiger partial charge in [0.1, 0.15) is 0 Å². The monoisotopic (exact) mass is 235 g/mol. The summed E-state index contributed by atoms with van der Waals surface area (Å²) in [5.74, 6) is 5.41. The molecule has 3 N–H and O–H groups in total. The van der Waals surface area contributed by atoms with Crippen molar-refractivity contribution in [3.05, 3.63) is 29.3 Å². The van der Waals surface area contributed by atoms with Crippen LogP contribution in [-0.4, -0.2) is 23.4 Å². The smallest absolute Gasteiger partial charge is 0.254 e. The van der Waals surface area contributed by atoms with Crippen LogP contribution in [-0.2, 0) is 0 Å². The zero-order valence-electron chi connectivity index (χ0n) is 10.9. The Bertz CT molecular complexity index is 402. The molecule has 4 heteroatoms. The Labute approximate surface area is 103 Å². The second-order valence-corrected chi connectivity index (χ2v) is 4.36. The SMILES string of the molecule is CCN(C(=O)c1ccc(NN)cc1C)C(C)C. The second kappa shape index (κ2) is 5.68. The summed E-state index contributed by atoms with van der Waals surface area (Å²) in [5.41, 5.74) is 5.06. The highest BCUT2D eigenvalue weighted by Crippen LogP contribution is 2.17. The number of benzene rings is 1. The fourth-order valence-corrected chi connectivity index (χ4v) is 1.89. The molecule has 0 bridgehead atoms. The molecular formula is C13H21N3O. The number of amides is 1. The van der Waals surface area contributed by atoms with Crippen molar-refractivity contribution in [1.29, 1.82) is 0 Å². The molecule has 94 valence electrons. The van der Waals surface area contributed by atoms with E-state index in [1.807, 2.05) is 50.8 Å². The molecule has 1 rings (SSSR count). The number of anilines is 1. The van der Waals surface area contributed by atoms with Crippen molar-refractivity contribution in [1.82, 2.24) is 4.90 Å². The number of carbonyl (C=O) groups excluding carboxylic acids is 1. The Morgan fingerprint density at radius 1 is 1.47 bits per heavy atom. The van der Waals surface area contributed by atoms with Crippen LogP contribution in [0.15, 0.2) is 18.2 Å². The van der Waals surface area contributed by atoms with Crippen molar-refractivity contribution in [2.24, 2.45) is 5.84 Å². The standard InChI is InChI=1S/C13H21N3O/c1-5-16(9(2)3)13(17)12-7-6-11(15-14)8-10(12)4/h6-9,15H,5,14H2,1-4H3. The van der Waals surface area contributed by atoms with E-state index in [9.17, 15) is 4.79 Å². The third-order valence-electron chi connectivity index (χ3n) is 2.85. The van der Waals surface area contributed by atoms with Crippen LogP contribution in [0.1, 0.15) is 36.7 Å². The Balaban J connectivity index is 3.03. The number of hydrazine groups is 1. The van der Waals surface area contributed by atoms with Crippen LogP contribution >= 0.6 is 0 Å². The Hall–Kier alpha value is -1.55. The van der Waals surface area contributed by atoms with Crippen LogP contribution in [0.3, 0.4) is 0 Å². The summed E-state index contributed by atoms with van der Waals surface area (Å²) in [4.78, 5) is 14.2. The van der Waals surface area contributed by atoms with Crippen molar-refractivity contribution in [2.45, 2.75) is 33.7 Å². The predicted molar refractivity (Wildman–Crippen MR) is 70.8 cm³/mol. The van der Waals surface area contributed by atoms with Gasteiger partial charge in [0.25, 0.3) is 5.91 Å². The number of carbonyl (C=O) groups is 1. The quantitative estimate of drug-likeness (QED) is 0.621. The lowest BCUT2D eigenvalue weighted by atomic mass is 10.1. The van der Waals surface area contributed by atoms with E-state index in [1.54, 1.807) is 0 Å². The molecule has 17 heavy (non-hydrogen) atoms. The number of nitrogen functional groups attached to an aromatic ring is 1. The molecule has 0 saturated heterocycles. The number of hydrogen-bond acceptors (Lipinski definition) is 3. The van der Waals surface area contributed by atoms with E-state index in [0.717, 1.165) is 16.8 Å². The van der Waals surface area contributed by atoms with Crippen LogP contribution in [0.4, 0.5) is 5.69 Å². The second-order valence-electron chi connectivity index (χ2n) is 4.36. The lowest BCUT2D eigenvalue weighted by Crippen LogP contribution is -2.37. The van der Waals surface area contributed by atoms with Gasteiger partial charge in [-0.05, 0) is 51.5 Å². The minimum absolute atomic E-state index is 0.0728. The Kier molecular flexibility index (Phi) is 4.52. The first kappa shape index (κ1) is 13.5. The molecule has 0 fully saturated rings. The fraction of sp³-hybridized carbons (Fsp3) is 0.462. The summed E-state index contributed by atoms with van der Waals surface area (Å²) >= 11 is 0. The summed E-state index contributed by atoms with van der Waals surface area (Å²) in [6.45, 7) is 8.66. The highest BCUT2D eigenvalue weighted by atomic mass is 16.2. The third-order valence-corrected chi connectivity index (χ3v) is 2.85. The summed E-state index contributed by atoms with van der Waals surface area (Å²) in [7, 11) is 0. The first-order valence-electron chi connectivity index (χ1n) is 5.89. The van der Waals surface area contributed by atoms with E-state index in [2.05, 4.69) is 5.43 Å². The van der Waals surface area contributed by atoms with Crippen molar-refractivity contribution in [2.75, 3.05) is 12.0 Å². The Morgan fingerprint density at radius 3 is 2.53 bits per heavy atom. The molecule has 1 amide bonds. The number of hydrogen-bond donors (Lipinski definition) is 2. The van der Waals surface area contributed by atoms with Gasteiger partial charge in [0.2, 0.25) is 0 Å². The maximum atomic E-state index is 12.3. The summed E-state index contributed by atoms with van der Waals surface area (Å²) in [6.07, 6.45) is 0. The molecule has 0 saturated carbocycles. The van der Waals surface area contributed by atoms with E-state index in [-0.39, 0.29) is 11.9 Å². The zero-order valence-corrected chi connectivity index (χ0v) is 10.9. The highest BCUT2D eigenvalue weighted by molar-refractivity contribution is 5.96. The molecule has 0 unspecified atom stereocenters. The molecule has 4 nitrogen and oxygen atoms in total. The lowest BCUT2D eigenvalue weighted by Gasteiger charge is -2.26. The lowest BCUT2D eigenvalue weighted by molar-refractivity contribution is 0.0716. The van der Waals surface area contributed by atoms with Crippen LogP contribution in [0.2, 0.25) is 0 Å². The maximum absolute atomic E-state index is 12.3. The molecule has 0 aliphatic heterocycles. The van der Waals surface area contributed by atoms with Gasteiger partial charge < -0.3 is 10.3 Å². The number of rotatable bonds is 4. The van der Waals surface area contributed by atoms with E-state index in [4.69, 9.17) is 5.84 Å². The van der Waals surface area contributed by atoms with Gasteiger partial charge in [-0.2, -0.15) is 0 Å². The van der Waals surface area contributed by atoms with Gasteiger partial charge in [0.05, 0.1) is 0 Å².